The van der Waals surface area contributed by atoms with Crippen molar-refractivity contribution in [3.05, 3.63) is 30.1 Å². The number of aromatic carboxylic acids is 1. The summed E-state index contributed by atoms with van der Waals surface area (Å²) in [7, 11) is 0. The summed E-state index contributed by atoms with van der Waals surface area (Å²) in [6, 6.07) is 6.89. The SMILES string of the molecule is NC(=O)CNc1nc(C(=O)O)nc2ccccc12. The van der Waals surface area contributed by atoms with Crippen LogP contribution in [0.1, 0.15) is 10.6 Å². The molecule has 0 bridgehead atoms. The number of rotatable bonds is 4. The number of anilines is 1. The summed E-state index contributed by atoms with van der Waals surface area (Å²) in [4.78, 5) is 29.4. The molecule has 0 aliphatic rings. The van der Waals surface area contributed by atoms with Gasteiger partial charge in [-0.1, -0.05) is 12.1 Å². The van der Waals surface area contributed by atoms with Gasteiger partial charge in [-0.05, 0) is 12.1 Å². The number of benzene rings is 1. The Bertz CT molecular complexity index is 627. The average molecular weight is 246 g/mol. The number of carboxylic acid groups (broad SMARTS) is 1. The van der Waals surface area contributed by atoms with Gasteiger partial charge >= 0.3 is 5.97 Å². The lowest BCUT2D eigenvalue weighted by Crippen LogP contribution is -2.22. The predicted octanol–water partition coefficient (Wildman–Crippen LogP) is 0.225. The summed E-state index contributed by atoms with van der Waals surface area (Å²) in [6.45, 7) is -0.125. The van der Waals surface area contributed by atoms with Gasteiger partial charge in [-0.2, -0.15) is 0 Å². The monoisotopic (exact) mass is 246 g/mol. The zero-order chi connectivity index (χ0) is 13.1. The van der Waals surface area contributed by atoms with E-state index >= 15 is 0 Å². The third-order valence-corrected chi connectivity index (χ3v) is 2.22. The Kier molecular flexibility index (Phi) is 3.05. The molecule has 1 heterocycles. The minimum Gasteiger partial charge on any atom is -0.475 e. The van der Waals surface area contributed by atoms with Crippen LogP contribution in [0, 0.1) is 0 Å². The van der Waals surface area contributed by atoms with Crippen LogP contribution in [0.2, 0.25) is 0 Å². The molecule has 7 nitrogen and oxygen atoms in total. The molecule has 0 radical (unpaired) electrons. The summed E-state index contributed by atoms with van der Waals surface area (Å²) in [6.07, 6.45) is 0. The Morgan fingerprint density at radius 3 is 2.67 bits per heavy atom. The van der Waals surface area contributed by atoms with Crippen molar-refractivity contribution < 1.29 is 14.7 Å². The molecule has 18 heavy (non-hydrogen) atoms. The van der Waals surface area contributed by atoms with E-state index in [1.165, 1.54) is 0 Å². The van der Waals surface area contributed by atoms with Gasteiger partial charge in [0.1, 0.15) is 5.82 Å². The number of amides is 1. The zero-order valence-corrected chi connectivity index (χ0v) is 9.25. The fraction of sp³-hybridized carbons (Fsp3) is 0.0909. The number of primary amides is 1. The number of aromatic nitrogens is 2. The molecule has 0 unspecified atom stereocenters. The lowest BCUT2D eigenvalue weighted by atomic mass is 10.2. The van der Waals surface area contributed by atoms with Crippen LogP contribution in [0.3, 0.4) is 0 Å². The normalized spacial score (nSPS) is 10.2. The van der Waals surface area contributed by atoms with Crippen LogP contribution in [0.4, 0.5) is 5.82 Å². The first kappa shape index (κ1) is 11.8. The molecule has 1 amide bonds. The van der Waals surface area contributed by atoms with Crippen molar-refractivity contribution in [1.29, 1.82) is 0 Å². The van der Waals surface area contributed by atoms with E-state index in [-0.39, 0.29) is 18.2 Å². The summed E-state index contributed by atoms with van der Waals surface area (Å²) < 4.78 is 0. The molecule has 0 aliphatic carbocycles. The highest BCUT2D eigenvalue weighted by Gasteiger charge is 2.12. The molecule has 92 valence electrons. The zero-order valence-electron chi connectivity index (χ0n) is 9.25. The molecule has 0 aliphatic heterocycles. The Hall–Kier alpha value is -2.70. The van der Waals surface area contributed by atoms with Crippen molar-refractivity contribution in [2.45, 2.75) is 0 Å². The van der Waals surface area contributed by atoms with E-state index in [2.05, 4.69) is 15.3 Å². The van der Waals surface area contributed by atoms with Gasteiger partial charge in [0, 0.05) is 5.39 Å². The lowest BCUT2D eigenvalue weighted by Gasteiger charge is -2.07. The lowest BCUT2D eigenvalue weighted by molar-refractivity contribution is -0.116. The molecule has 1 aromatic heterocycles. The van der Waals surface area contributed by atoms with Crippen LogP contribution in [0.25, 0.3) is 10.9 Å². The highest BCUT2D eigenvalue weighted by atomic mass is 16.4. The van der Waals surface area contributed by atoms with E-state index in [9.17, 15) is 9.59 Å². The van der Waals surface area contributed by atoms with E-state index in [1.54, 1.807) is 24.3 Å². The van der Waals surface area contributed by atoms with Gasteiger partial charge in [-0.25, -0.2) is 14.8 Å². The van der Waals surface area contributed by atoms with Crippen molar-refractivity contribution in [3.8, 4) is 0 Å². The number of para-hydroxylation sites is 1. The van der Waals surface area contributed by atoms with Crippen LogP contribution in [-0.2, 0) is 4.79 Å². The predicted molar refractivity (Wildman–Crippen MR) is 64.2 cm³/mol. The Morgan fingerprint density at radius 2 is 2.00 bits per heavy atom. The van der Waals surface area contributed by atoms with Gasteiger partial charge in [0.2, 0.25) is 11.7 Å². The number of nitrogens with zero attached hydrogens (tertiary/aromatic N) is 2. The van der Waals surface area contributed by atoms with E-state index in [1.807, 2.05) is 0 Å². The summed E-state index contributed by atoms with van der Waals surface area (Å²) in [5.74, 6) is -1.85. The van der Waals surface area contributed by atoms with Crippen LogP contribution in [0.15, 0.2) is 24.3 Å². The van der Waals surface area contributed by atoms with Gasteiger partial charge in [-0.3, -0.25) is 4.79 Å². The number of carboxylic acids is 1. The first-order chi connectivity index (χ1) is 8.58. The molecule has 7 heteroatoms. The Morgan fingerprint density at radius 1 is 1.28 bits per heavy atom. The number of carbonyl (C=O) groups is 2. The fourth-order valence-electron chi connectivity index (χ4n) is 1.48. The van der Waals surface area contributed by atoms with Crippen molar-refractivity contribution >= 4 is 28.6 Å². The molecule has 0 atom stereocenters. The number of hydrogen-bond acceptors (Lipinski definition) is 5. The second-order valence-corrected chi connectivity index (χ2v) is 3.54. The number of nitrogens with one attached hydrogen (secondary N) is 1. The molecule has 0 fully saturated rings. The van der Waals surface area contributed by atoms with Crippen molar-refractivity contribution in [1.82, 2.24) is 9.97 Å². The van der Waals surface area contributed by atoms with E-state index in [0.717, 1.165) is 0 Å². The molecule has 2 aromatic rings. The Balaban J connectivity index is 2.53. The van der Waals surface area contributed by atoms with Gasteiger partial charge in [0.25, 0.3) is 0 Å². The third kappa shape index (κ3) is 2.34. The third-order valence-electron chi connectivity index (χ3n) is 2.22. The second kappa shape index (κ2) is 4.66. The molecular weight excluding hydrogens is 236 g/mol. The standard InChI is InChI=1S/C11H10N4O3/c12-8(16)5-13-9-6-3-1-2-4-7(6)14-10(15-9)11(17)18/h1-4H,5H2,(H2,12,16)(H,17,18)(H,13,14,15). The molecule has 0 spiro atoms. The maximum atomic E-state index is 10.9. The maximum absolute atomic E-state index is 10.9. The topological polar surface area (TPSA) is 118 Å². The van der Waals surface area contributed by atoms with Gasteiger partial charge in [0.05, 0.1) is 12.1 Å². The van der Waals surface area contributed by atoms with Gasteiger partial charge in [-0.15, -0.1) is 0 Å². The van der Waals surface area contributed by atoms with Crippen LogP contribution in [-0.4, -0.2) is 33.5 Å². The molecule has 0 saturated heterocycles. The summed E-state index contributed by atoms with van der Waals surface area (Å²) >= 11 is 0. The van der Waals surface area contributed by atoms with E-state index in [0.29, 0.717) is 10.9 Å². The second-order valence-electron chi connectivity index (χ2n) is 3.54. The van der Waals surface area contributed by atoms with Crippen LogP contribution >= 0.6 is 0 Å². The quantitative estimate of drug-likeness (QED) is 0.710. The first-order valence-corrected chi connectivity index (χ1v) is 5.10. The smallest absolute Gasteiger partial charge is 0.374 e. The number of hydrogen-bond donors (Lipinski definition) is 3. The minimum absolute atomic E-state index is 0.125. The van der Waals surface area contributed by atoms with Crippen molar-refractivity contribution in [3.63, 3.8) is 0 Å². The van der Waals surface area contributed by atoms with E-state index < -0.39 is 11.9 Å². The van der Waals surface area contributed by atoms with Crippen molar-refractivity contribution in [2.75, 3.05) is 11.9 Å². The Labute approximate surface area is 102 Å². The fourth-order valence-corrected chi connectivity index (χ4v) is 1.48. The number of carbonyl (C=O) groups excluding carboxylic acids is 1. The molecule has 0 saturated carbocycles. The van der Waals surface area contributed by atoms with Gasteiger partial charge < -0.3 is 16.2 Å². The number of fused-ring (bicyclic) bond motifs is 1. The van der Waals surface area contributed by atoms with Crippen LogP contribution in [0.5, 0.6) is 0 Å². The first-order valence-electron chi connectivity index (χ1n) is 5.10. The molecule has 1 aromatic carbocycles. The average Bonchev–Trinajstić information content (AvgIpc) is 2.35. The molecular formula is C11H10N4O3. The summed E-state index contributed by atoms with van der Waals surface area (Å²) in [5.41, 5.74) is 5.50. The van der Waals surface area contributed by atoms with Crippen molar-refractivity contribution in [2.24, 2.45) is 5.73 Å². The highest BCUT2D eigenvalue weighted by molar-refractivity contribution is 5.94. The number of nitrogens with two attached hydrogens (primary N) is 1. The highest BCUT2D eigenvalue weighted by Crippen LogP contribution is 2.19. The summed E-state index contributed by atoms with van der Waals surface area (Å²) in [5, 5.41) is 12.2. The maximum Gasteiger partial charge on any atom is 0.374 e. The van der Waals surface area contributed by atoms with Gasteiger partial charge in [0.15, 0.2) is 0 Å². The van der Waals surface area contributed by atoms with E-state index in [4.69, 9.17) is 10.8 Å². The molecule has 4 N–H and O–H groups in total. The molecule has 2 rings (SSSR count). The largest absolute Gasteiger partial charge is 0.475 e. The van der Waals surface area contributed by atoms with Crippen LogP contribution < -0.4 is 11.1 Å². The minimum atomic E-state index is -1.23.